The quantitative estimate of drug-likeness (QED) is 0.165. The number of rotatable bonds is 5. The summed E-state index contributed by atoms with van der Waals surface area (Å²) in [5.74, 6) is 0.179. The van der Waals surface area contributed by atoms with Crippen molar-refractivity contribution in [3.05, 3.63) is 231 Å². The Morgan fingerprint density at radius 3 is 1.18 bits per heavy atom. The Hall–Kier alpha value is -8.80. The van der Waals surface area contributed by atoms with Crippen LogP contribution in [0.2, 0.25) is 0 Å². The number of para-hydroxylation sites is 7. The molecule has 5 heterocycles. The van der Waals surface area contributed by atoms with Gasteiger partial charge in [0.05, 0.1) is 39.1 Å². The summed E-state index contributed by atoms with van der Waals surface area (Å²) in [6.07, 6.45) is 7.34. The van der Waals surface area contributed by atoms with E-state index in [1.807, 2.05) is 0 Å². The molecule has 68 heavy (non-hydrogen) atoms. The Morgan fingerprint density at radius 2 is 0.721 bits per heavy atom. The van der Waals surface area contributed by atoms with E-state index in [9.17, 15) is 0 Å². The van der Waals surface area contributed by atoms with Crippen molar-refractivity contribution >= 4 is 104 Å². The van der Waals surface area contributed by atoms with Crippen molar-refractivity contribution in [2.24, 2.45) is 5.92 Å². The van der Waals surface area contributed by atoms with Crippen LogP contribution < -0.4 is 0 Å². The topological polar surface area (TPSA) is 24.6 Å². The molecule has 0 aliphatic heterocycles. The van der Waals surface area contributed by atoms with Gasteiger partial charge in [-0.1, -0.05) is 159 Å². The summed E-state index contributed by atoms with van der Waals surface area (Å²) < 4.78 is 12.5. The zero-order valence-electron chi connectivity index (χ0n) is 37.3. The third-order valence-corrected chi connectivity index (χ3v) is 14.9. The maximum absolute atomic E-state index is 2.56. The van der Waals surface area contributed by atoms with Crippen molar-refractivity contribution in [3.8, 4) is 17.1 Å². The number of hydrogen-bond donors (Lipinski definition) is 0. The maximum atomic E-state index is 2.56. The van der Waals surface area contributed by atoms with Crippen molar-refractivity contribution in [2.45, 2.75) is 13.0 Å². The van der Waals surface area contributed by atoms with Gasteiger partial charge in [-0.3, -0.25) is 9.13 Å². The van der Waals surface area contributed by atoms with Gasteiger partial charge in [-0.15, -0.1) is 0 Å². The molecular weight excluding hydrogens is 827 g/mol. The Bertz CT molecular complexity index is 4310. The smallest absolute Gasteiger partial charge is 0.131 e. The van der Waals surface area contributed by atoms with Crippen molar-refractivity contribution in [2.75, 3.05) is 0 Å². The zero-order valence-corrected chi connectivity index (χ0v) is 37.3. The minimum Gasteiger partial charge on any atom is -0.333 e. The van der Waals surface area contributed by atoms with E-state index >= 15 is 0 Å². The van der Waals surface area contributed by atoms with Gasteiger partial charge in [0.15, 0.2) is 0 Å². The number of aromatic nitrogens is 5. The average Bonchev–Trinajstić information content (AvgIpc) is 4.18. The predicted octanol–water partition coefficient (Wildman–Crippen LogP) is 16.3. The summed E-state index contributed by atoms with van der Waals surface area (Å²) in [4.78, 5) is 0. The molecule has 0 fully saturated rings. The summed E-state index contributed by atoms with van der Waals surface area (Å²) in [7, 11) is 0. The van der Waals surface area contributed by atoms with Gasteiger partial charge < -0.3 is 13.7 Å². The van der Waals surface area contributed by atoms with Crippen LogP contribution in [0, 0.1) is 5.92 Å². The Kier molecular flexibility index (Phi) is 7.76. The van der Waals surface area contributed by atoms with Crippen LogP contribution >= 0.6 is 0 Å². The molecule has 320 valence electrons. The molecular formula is C63H43N5. The Labute approximate surface area is 391 Å². The summed E-state index contributed by atoms with van der Waals surface area (Å²) in [6.45, 7) is 2.38. The number of allylic oxidation sites excluding steroid dienone is 4. The van der Waals surface area contributed by atoms with Gasteiger partial charge >= 0.3 is 0 Å². The second-order valence-corrected chi connectivity index (χ2v) is 18.6. The minimum atomic E-state index is 0.128. The number of hydrogen-bond acceptors (Lipinski definition) is 0. The van der Waals surface area contributed by atoms with Crippen LogP contribution in [0.25, 0.3) is 121 Å². The summed E-state index contributed by atoms with van der Waals surface area (Å²) in [6, 6.07) is 78.2. The van der Waals surface area contributed by atoms with Gasteiger partial charge in [0.25, 0.3) is 0 Å². The van der Waals surface area contributed by atoms with Crippen LogP contribution in [-0.4, -0.2) is 22.8 Å². The number of nitrogens with zero attached hydrogens (tertiary/aromatic N) is 5. The molecule has 0 N–H and O–H groups in total. The zero-order chi connectivity index (χ0) is 44.6. The van der Waals surface area contributed by atoms with Gasteiger partial charge in [0, 0.05) is 88.2 Å². The monoisotopic (exact) mass is 869 g/mol. The molecule has 9 aromatic carbocycles. The van der Waals surface area contributed by atoms with Gasteiger partial charge in [0.2, 0.25) is 0 Å². The molecule has 2 atom stereocenters. The summed E-state index contributed by atoms with van der Waals surface area (Å²) >= 11 is 0. The van der Waals surface area contributed by atoms with Crippen LogP contribution in [0.5, 0.6) is 0 Å². The van der Waals surface area contributed by atoms with E-state index in [2.05, 4.69) is 260 Å². The van der Waals surface area contributed by atoms with Gasteiger partial charge in [-0.05, 0) is 78.9 Å². The molecule has 2 unspecified atom stereocenters. The highest BCUT2D eigenvalue weighted by Crippen LogP contribution is 2.46. The number of fused-ring (bicyclic) bond motifs is 14. The first kappa shape index (κ1) is 37.4. The van der Waals surface area contributed by atoms with Crippen LogP contribution in [0.1, 0.15) is 13.0 Å². The van der Waals surface area contributed by atoms with E-state index in [0.717, 1.165) is 28.4 Å². The van der Waals surface area contributed by atoms with Crippen LogP contribution in [0.4, 0.5) is 0 Å². The van der Waals surface area contributed by atoms with Crippen molar-refractivity contribution < 1.29 is 0 Å². The highest BCUT2D eigenvalue weighted by atomic mass is 15.2. The first-order valence-electron chi connectivity index (χ1n) is 23.7. The second-order valence-electron chi connectivity index (χ2n) is 18.6. The second kappa shape index (κ2) is 14.1. The van der Waals surface area contributed by atoms with Crippen LogP contribution in [-0.2, 0) is 0 Å². The lowest BCUT2D eigenvalue weighted by atomic mass is 9.94. The van der Waals surface area contributed by atoms with E-state index < -0.39 is 0 Å². The fourth-order valence-corrected chi connectivity index (χ4v) is 12.1. The third-order valence-electron chi connectivity index (χ3n) is 14.9. The summed E-state index contributed by atoms with van der Waals surface area (Å²) in [5, 5.41) is 11.3. The molecule has 0 radical (unpaired) electrons. The Morgan fingerprint density at radius 1 is 0.324 bits per heavy atom. The lowest BCUT2D eigenvalue weighted by Crippen LogP contribution is -2.17. The molecule has 5 nitrogen and oxygen atoms in total. The van der Waals surface area contributed by atoms with E-state index in [0.29, 0.717) is 0 Å². The highest BCUT2D eigenvalue weighted by molar-refractivity contribution is 6.24. The SMILES string of the molecule is CC1C=C(n2c3cc(-n4c5ccccc5c5ccccc54)ccc3c3c4ccc(-n5c6ccccc6c6ccccc65)cc4n(-c4ccccc4)c32)C=CC1n1c2ccccc2c2ccccc21. The predicted molar refractivity (Wildman–Crippen MR) is 286 cm³/mol. The molecule has 0 bridgehead atoms. The molecule has 5 heteroatoms. The van der Waals surface area contributed by atoms with E-state index in [-0.39, 0.29) is 12.0 Å². The van der Waals surface area contributed by atoms with Crippen molar-refractivity contribution in [1.82, 2.24) is 22.8 Å². The molecule has 0 amide bonds. The molecule has 0 spiro atoms. The maximum Gasteiger partial charge on any atom is 0.131 e. The van der Waals surface area contributed by atoms with Crippen molar-refractivity contribution in [1.29, 1.82) is 0 Å². The molecule has 15 rings (SSSR count). The van der Waals surface area contributed by atoms with Crippen LogP contribution in [0.3, 0.4) is 0 Å². The Balaban J connectivity index is 1.03. The van der Waals surface area contributed by atoms with E-state index in [1.54, 1.807) is 0 Å². The molecule has 1 aliphatic carbocycles. The lowest BCUT2D eigenvalue weighted by molar-refractivity contribution is 0.510. The number of benzene rings is 9. The first-order chi connectivity index (χ1) is 33.7. The normalized spacial score (nSPS) is 15.5. The third kappa shape index (κ3) is 5.10. The van der Waals surface area contributed by atoms with E-state index in [1.165, 1.54) is 92.6 Å². The van der Waals surface area contributed by atoms with Gasteiger partial charge in [-0.25, -0.2) is 0 Å². The van der Waals surface area contributed by atoms with Crippen molar-refractivity contribution in [3.63, 3.8) is 0 Å². The summed E-state index contributed by atoms with van der Waals surface area (Å²) in [5.41, 5.74) is 15.4. The fourth-order valence-electron chi connectivity index (χ4n) is 12.1. The lowest BCUT2D eigenvalue weighted by Gasteiger charge is -2.27. The first-order valence-corrected chi connectivity index (χ1v) is 23.7. The standard InChI is InChI=1S/C63H43N5/c1-40-37-42(33-36-53(40)68-58-29-15-9-23-49(58)50-24-10-16-30-59(50)68)67-61-39-44(65-56-27-13-7-21-47(56)48-22-8-14-28-57(48)65)32-35-52(61)62-51-34-31-43(38-60(51)66(63(62)67)41-17-3-2-4-18-41)64-54-25-11-5-19-45(54)46-20-6-12-26-55(46)64/h2-40,53H,1H3. The fraction of sp³-hybridized carbons (Fsp3) is 0.0476. The highest BCUT2D eigenvalue weighted by Gasteiger charge is 2.28. The molecule has 14 aromatic rings. The average molecular weight is 870 g/mol. The minimum absolute atomic E-state index is 0.128. The van der Waals surface area contributed by atoms with Gasteiger partial charge in [0.1, 0.15) is 5.65 Å². The molecule has 5 aromatic heterocycles. The van der Waals surface area contributed by atoms with Gasteiger partial charge in [-0.2, -0.15) is 0 Å². The molecule has 0 saturated carbocycles. The largest absolute Gasteiger partial charge is 0.333 e. The van der Waals surface area contributed by atoms with E-state index in [4.69, 9.17) is 0 Å². The molecule has 0 saturated heterocycles. The van der Waals surface area contributed by atoms with Crippen LogP contribution in [0.15, 0.2) is 231 Å². The molecule has 1 aliphatic rings.